The van der Waals surface area contributed by atoms with E-state index in [-0.39, 0.29) is 0 Å². The number of hydrogen-bond donors (Lipinski definition) is 2. The topological polar surface area (TPSA) is 32.3 Å². The Hall–Kier alpha value is -1.90. The Labute approximate surface area is 138 Å². The highest BCUT2D eigenvalue weighted by molar-refractivity contribution is 6.11. The normalized spacial score (nSPS) is 14.5. The monoisotopic (exact) mass is 307 g/mol. The maximum Gasteiger partial charge on any atom is 0.0656 e. The summed E-state index contributed by atoms with van der Waals surface area (Å²) in [5.41, 5.74) is 4.67. The largest absolute Gasteiger partial charge is 0.316 e. The lowest BCUT2D eigenvalue weighted by atomic mass is 9.77. The van der Waals surface area contributed by atoms with Gasteiger partial charge in [-0.1, -0.05) is 69.3 Å². The van der Waals surface area contributed by atoms with Crippen molar-refractivity contribution in [2.45, 2.75) is 45.6 Å². The molecule has 0 aliphatic carbocycles. The van der Waals surface area contributed by atoms with Crippen LogP contribution in [0.4, 0.5) is 0 Å². The Morgan fingerprint density at radius 2 is 1.39 bits per heavy atom. The molecule has 0 aliphatic rings. The van der Waals surface area contributed by atoms with Gasteiger partial charge in [0.05, 0.1) is 5.54 Å². The van der Waals surface area contributed by atoms with E-state index in [0.717, 1.165) is 6.42 Å². The Balaban J connectivity index is 2.60. The highest BCUT2D eigenvalue weighted by Crippen LogP contribution is 2.42. The standard InChI is InChI=1S/C21H25NO/c1-5-21(4,22-23)20-18-13-9-7-11-16(18)15-10-6-8-12-17(15)19(20)14(2)3/h6-14,22-23H,5H2,1-4H3. The Morgan fingerprint density at radius 1 is 0.913 bits per heavy atom. The fourth-order valence-corrected chi connectivity index (χ4v) is 3.67. The molecule has 0 aromatic heterocycles. The third-order valence-electron chi connectivity index (χ3n) is 5.06. The van der Waals surface area contributed by atoms with Gasteiger partial charge in [-0.15, -0.1) is 0 Å². The molecule has 0 saturated carbocycles. The highest BCUT2D eigenvalue weighted by atomic mass is 16.5. The van der Waals surface area contributed by atoms with Crippen molar-refractivity contribution < 1.29 is 5.21 Å². The van der Waals surface area contributed by atoms with Crippen LogP contribution in [0.2, 0.25) is 0 Å². The van der Waals surface area contributed by atoms with Crippen LogP contribution < -0.4 is 5.48 Å². The lowest BCUT2D eigenvalue weighted by Gasteiger charge is -2.33. The molecule has 0 fully saturated rings. The van der Waals surface area contributed by atoms with Crippen LogP contribution in [0, 0.1) is 0 Å². The van der Waals surface area contributed by atoms with Crippen molar-refractivity contribution in [1.82, 2.24) is 5.48 Å². The maximum absolute atomic E-state index is 9.93. The first-order chi connectivity index (χ1) is 11.0. The first kappa shape index (κ1) is 16.0. The van der Waals surface area contributed by atoms with Gasteiger partial charge in [-0.05, 0) is 51.9 Å². The van der Waals surface area contributed by atoms with Crippen molar-refractivity contribution in [3.63, 3.8) is 0 Å². The smallest absolute Gasteiger partial charge is 0.0656 e. The number of hydrogen-bond acceptors (Lipinski definition) is 2. The highest BCUT2D eigenvalue weighted by Gasteiger charge is 2.31. The number of rotatable bonds is 4. The van der Waals surface area contributed by atoms with Crippen molar-refractivity contribution in [3.05, 3.63) is 59.7 Å². The van der Waals surface area contributed by atoms with Crippen LogP contribution >= 0.6 is 0 Å². The summed E-state index contributed by atoms with van der Waals surface area (Å²) in [5, 5.41) is 15.0. The van der Waals surface area contributed by atoms with E-state index in [2.05, 4.69) is 81.7 Å². The molecule has 0 radical (unpaired) electrons. The number of hydroxylamine groups is 1. The number of nitrogens with one attached hydrogen (secondary N) is 1. The van der Waals surface area contributed by atoms with E-state index in [9.17, 15) is 5.21 Å². The molecule has 23 heavy (non-hydrogen) atoms. The van der Waals surface area contributed by atoms with Gasteiger partial charge in [0, 0.05) is 0 Å². The molecule has 3 aromatic carbocycles. The van der Waals surface area contributed by atoms with Crippen molar-refractivity contribution in [1.29, 1.82) is 0 Å². The number of fused-ring (bicyclic) bond motifs is 3. The summed E-state index contributed by atoms with van der Waals surface area (Å²) in [7, 11) is 0. The summed E-state index contributed by atoms with van der Waals surface area (Å²) in [4.78, 5) is 0. The molecule has 2 nitrogen and oxygen atoms in total. The minimum atomic E-state index is -0.469. The third kappa shape index (κ3) is 2.43. The molecule has 1 atom stereocenters. The lowest BCUT2D eigenvalue weighted by Crippen LogP contribution is -2.38. The Kier molecular flexibility index (Phi) is 4.13. The molecule has 1 unspecified atom stereocenters. The first-order valence-electron chi connectivity index (χ1n) is 8.38. The zero-order chi connectivity index (χ0) is 16.6. The molecule has 2 heteroatoms. The summed E-state index contributed by atoms with van der Waals surface area (Å²) >= 11 is 0. The van der Waals surface area contributed by atoms with Gasteiger partial charge in [0.1, 0.15) is 0 Å². The average molecular weight is 307 g/mol. The van der Waals surface area contributed by atoms with E-state index >= 15 is 0 Å². The van der Waals surface area contributed by atoms with Gasteiger partial charge in [-0.2, -0.15) is 5.48 Å². The van der Waals surface area contributed by atoms with Gasteiger partial charge >= 0.3 is 0 Å². The van der Waals surface area contributed by atoms with Crippen LogP contribution in [0.1, 0.15) is 51.2 Å². The molecule has 120 valence electrons. The summed E-state index contributed by atoms with van der Waals surface area (Å²) in [5.74, 6) is 0.374. The number of benzene rings is 3. The second kappa shape index (κ2) is 5.95. The quantitative estimate of drug-likeness (QED) is 0.477. The molecule has 3 rings (SSSR count). The summed E-state index contributed by atoms with van der Waals surface area (Å²) < 4.78 is 0. The van der Waals surface area contributed by atoms with Crippen LogP contribution in [0.3, 0.4) is 0 Å². The Bertz CT molecular complexity index is 847. The van der Waals surface area contributed by atoms with Crippen molar-refractivity contribution in [2.24, 2.45) is 0 Å². The molecule has 2 N–H and O–H groups in total. The molecule has 0 spiro atoms. The molecule has 0 amide bonds. The molecule has 3 aromatic rings. The van der Waals surface area contributed by atoms with E-state index in [0.29, 0.717) is 5.92 Å². The first-order valence-corrected chi connectivity index (χ1v) is 8.38. The minimum Gasteiger partial charge on any atom is -0.316 e. The van der Waals surface area contributed by atoms with Gasteiger partial charge in [-0.3, -0.25) is 0 Å². The zero-order valence-electron chi connectivity index (χ0n) is 14.4. The van der Waals surface area contributed by atoms with Crippen molar-refractivity contribution in [2.75, 3.05) is 0 Å². The van der Waals surface area contributed by atoms with Crippen LogP contribution in [-0.2, 0) is 5.54 Å². The van der Waals surface area contributed by atoms with E-state index in [1.807, 2.05) is 0 Å². The summed E-state index contributed by atoms with van der Waals surface area (Å²) in [6.45, 7) is 8.65. The van der Waals surface area contributed by atoms with Gasteiger partial charge < -0.3 is 5.21 Å². The molecule has 0 heterocycles. The van der Waals surface area contributed by atoms with E-state index < -0.39 is 5.54 Å². The van der Waals surface area contributed by atoms with Crippen LogP contribution in [0.5, 0.6) is 0 Å². The van der Waals surface area contributed by atoms with Gasteiger partial charge in [-0.25, -0.2) is 0 Å². The maximum atomic E-state index is 9.93. The van der Waals surface area contributed by atoms with Gasteiger partial charge in [0.15, 0.2) is 0 Å². The van der Waals surface area contributed by atoms with Gasteiger partial charge in [0.25, 0.3) is 0 Å². The average Bonchev–Trinajstić information content (AvgIpc) is 2.59. The van der Waals surface area contributed by atoms with Gasteiger partial charge in [0.2, 0.25) is 0 Å². The van der Waals surface area contributed by atoms with Crippen molar-refractivity contribution in [3.8, 4) is 0 Å². The molecular formula is C21H25NO. The third-order valence-corrected chi connectivity index (χ3v) is 5.06. The fraction of sp³-hybridized carbons (Fsp3) is 0.333. The zero-order valence-corrected chi connectivity index (χ0v) is 14.4. The molecule has 0 saturated heterocycles. The van der Waals surface area contributed by atoms with E-state index in [1.54, 1.807) is 0 Å². The molecule has 0 aliphatic heterocycles. The van der Waals surface area contributed by atoms with E-state index in [4.69, 9.17) is 0 Å². The minimum absolute atomic E-state index is 0.374. The molecule has 0 bridgehead atoms. The predicted octanol–water partition coefficient (Wildman–Crippen LogP) is 5.72. The lowest BCUT2D eigenvalue weighted by molar-refractivity contribution is 0.0675. The van der Waals surface area contributed by atoms with Crippen LogP contribution in [-0.4, -0.2) is 5.21 Å². The van der Waals surface area contributed by atoms with E-state index in [1.165, 1.54) is 32.7 Å². The Morgan fingerprint density at radius 3 is 1.87 bits per heavy atom. The second-order valence-electron chi connectivity index (χ2n) is 6.83. The van der Waals surface area contributed by atoms with Crippen LogP contribution in [0.25, 0.3) is 21.5 Å². The fourth-order valence-electron chi connectivity index (χ4n) is 3.67. The summed E-state index contributed by atoms with van der Waals surface area (Å²) in [6.07, 6.45) is 0.811. The summed E-state index contributed by atoms with van der Waals surface area (Å²) in [6, 6.07) is 17.1. The second-order valence-corrected chi connectivity index (χ2v) is 6.83. The predicted molar refractivity (Wildman–Crippen MR) is 98.1 cm³/mol. The SMILES string of the molecule is CCC(C)(NO)c1c(C(C)C)c2ccccc2c2ccccc12. The van der Waals surface area contributed by atoms with Crippen molar-refractivity contribution >= 4 is 21.5 Å². The van der Waals surface area contributed by atoms with Crippen LogP contribution in [0.15, 0.2) is 48.5 Å². The molecular weight excluding hydrogens is 282 g/mol.